The Hall–Kier alpha value is -1.04. The van der Waals surface area contributed by atoms with Crippen molar-refractivity contribution < 1.29 is 4.79 Å². The molecule has 15 heavy (non-hydrogen) atoms. The Morgan fingerprint density at radius 3 is 2.47 bits per heavy atom. The molecule has 2 rings (SSSR count). The maximum atomic E-state index is 11.3. The highest BCUT2D eigenvalue weighted by Gasteiger charge is 2.26. The minimum atomic E-state index is -0.529. The standard InChI is InChI=1S/C8H3Cl2N3OS/c9-5-2-1-4(3-6(5)10)13-7(14)11-12-8(13)15/h1-3H. The lowest BCUT2D eigenvalue weighted by Crippen LogP contribution is -2.27. The Bertz CT molecular complexity index is 471. The highest BCUT2D eigenvalue weighted by Crippen LogP contribution is 2.29. The van der Waals surface area contributed by atoms with E-state index in [9.17, 15) is 4.79 Å². The highest BCUT2D eigenvalue weighted by atomic mass is 35.5. The van der Waals surface area contributed by atoms with E-state index in [1.807, 2.05) is 0 Å². The monoisotopic (exact) mass is 259 g/mol. The summed E-state index contributed by atoms with van der Waals surface area (Å²) in [5, 5.41) is 7.65. The van der Waals surface area contributed by atoms with Gasteiger partial charge in [-0.05, 0) is 30.4 Å². The number of carbonyl (C=O) groups excluding carboxylic acids is 1. The summed E-state index contributed by atoms with van der Waals surface area (Å²) < 4.78 is 0. The second-order valence-corrected chi connectivity index (χ2v) is 3.88. The molecular weight excluding hydrogens is 257 g/mol. The number of amides is 2. The first-order valence-corrected chi connectivity index (χ1v) is 5.01. The van der Waals surface area contributed by atoms with E-state index in [-0.39, 0.29) is 5.11 Å². The number of nitrogens with zero attached hydrogens (tertiary/aromatic N) is 3. The summed E-state index contributed by atoms with van der Waals surface area (Å²) in [6.45, 7) is 0. The zero-order chi connectivity index (χ0) is 11.0. The van der Waals surface area contributed by atoms with Crippen LogP contribution in [0.15, 0.2) is 28.4 Å². The van der Waals surface area contributed by atoms with Gasteiger partial charge in [0.2, 0.25) is 5.11 Å². The lowest BCUT2D eigenvalue weighted by molar-refractivity contribution is 0.257. The molecule has 1 aliphatic heterocycles. The Morgan fingerprint density at radius 1 is 1.20 bits per heavy atom. The number of carbonyl (C=O) groups is 1. The third kappa shape index (κ3) is 1.86. The van der Waals surface area contributed by atoms with E-state index >= 15 is 0 Å². The molecule has 0 N–H and O–H groups in total. The predicted molar refractivity (Wildman–Crippen MR) is 61.8 cm³/mol. The maximum absolute atomic E-state index is 11.3. The number of hydrogen-bond donors (Lipinski definition) is 0. The van der Waals surface area contributed by atoms with Crippen LogP contribution >= 0.6 is 35.4 Å². The van der Waals surface area contributed by atoms with Gasteiger partial charge in [-0.15, -0.1) is 5.11 Å². The zero-order valence-corrected chi connectivity index (χ0v) is 9.47. The largest absolute Gasteiger partial charge is 0.373 e. The molecule has 1 heterocycles. The van der Waals surface area contributed by atoms with E-state index in [0.29, 0.717) is 15.7 Å². The molecule has 2 amide bonds. The smallest absolute Gasteiger partial charge is 0.243 e. The SMILES string of the molecule is O=C1N=NC(=S)N1c1ccc(Cl)c(Cl)c1. The molecule has 1 aliphatic rings. The van der Waals surface area contributed by atoms with Gasteiger partial charge in [0.05, 0.1) is 15.7 Å². The fraction of sp³-hybridized carbons (Fsp3) is 0. The van der Waals surface area contributed by atoms with Crippen LogP contribution in [-0.4, -0.2) is 11.1 Å². The number of hydrogen-bond acceptors (Lipinski definition) is 2. The van der Waals surface area contributed by atoms with Crippen molar-refractivity contribution in [2.45, 2.75) is 0 Å². The van der Waals surface area contributed by atoms with Crippen LogP contribution in [0.3, 0.4) is 0 Å². The summed E-state index contributed by atoms with van der Waals surface area (Å²) in [7, 11) is 0. The maximum Gasteiger partial charge on any atom is 0.373 e. The van der Waals surface area contributed by atoms with Crippen molar-refractivity contribution in [2.75, 3.05) is 4.90 Å². The third-order valence-electron chi connectivity index (χ3n) is 1.77. The summed E-state index contributed by atoms with van der Waals surface area (Å²) in [4.78, 5) is 12.5. The van der Waals surface area contributed by atoms with Gasteiger partial charge < -0.3 is 0 Å². The van der Waals surface area contributed by atoms with Gasteiger partial charge in [0.25, 0.3) is 0 Å². The minimum Gasteiger partial charge on any atom is -0.243 e. The number of anilines is 1. The van der Waals surface area contributed by atoms with Crippen molar-refractivity contribution in [2.24, 2.45) is 10.2 Å². The normalized spacial score (nSPS) is 15.2. The van der Waals surface area contributed by atoms with Crippen molar-refractivity contribution in [3.63, 3.8) is 0 Å². The van der Waals surface area contributed by atoms with Crippen LogP contribution in [0.5, 0.6) is 0 Å². The van der Waals surface area contributed by atoms with Gasteiger partial charge >= 0.3 is 6.03 Å². The van der Waals surface area contributed by atoms with Gasteiger partial charge in [-0.2, -0.15) is 0 Å². The number of azo groups is 1. The second kappa shape index (κ2) is 3.84. The molecule has 7 heteroatoms. The first kappa shape index (κ1) is 10.5. The van der Waals surface area contributed by atoms with Crippen molar-refractivity contribution in [3.8, 4) is 0 Å². The quantitative estimate of drug-likeness (QED) is 0.723. The molecule has 76 valence electrons. The summed E-state index contributed by atoms with van der Waals surface area (Å²) in [6, 6.07) is 4.20. The average Bonchev–Trinajstić information content (AvgIpc) is 2.52. The molecule has 0 aromatic heterocycles. The van der Waals surface area contributed by atoms with E-state index in [4.69, 9.17) is 35.4 Å². The molecule has 0 spiro atoms. The van der Waals surface area contributed by atoms with Crippen LogP contribution in [0.4, 0.5) is 10.5 Å². The van der Waals surface area contributed by atoms with Crippen LogP contribution < -0.4 is 4.90 Å². The molecule has 0 radical (unpaired) electrons. The topological polar surface area (TPSA) is 45.0 Å². The highest BCUT2D eigenvalue weighted by molar-refractivity contribution is 7.80. The number of thiocarbonyl (C=S) groups is 1. The van der Waals surface area contributed by atoms with Gasteiger partial charge in [-0.25, -0.2) is 9.69 Å². The van der Waals surface area contributed by atoms with Crippen LogP contribution in [0, 0.1) is 0 Å². The predicted octanol–water partition coefficient (Wildman–Crippen LogP) is 3.67. The summed E-state index contributed by atoms with van der Waals surface area (Å²) >= 11 is 16.4. The van der Waals surface area contributed by atoms with Crippen molar-refractivity contribution in [1.29, 1.82) is 0 Å². The Labute approximate surface area is 100 Å². The molecule has 4 nitrogen and oxygen atoms in total. The lowest BCUT2D eigenvalue weighted by atomic mass is 10.3. The van der Waals surface area contributed by atoms with E-state index in [1.165, 1.54) is 11.0 Å². The zero-order valence-electron chi connectivity index (χ0n) is 7.15. The van der Waals surface area contributed by atoms with Gasteiger partial charge in [0.15, 0.2) is 0 Å². The molecule has 1 aromatic rings. The third-order valence-corrected chi connectivity index (χ3v) is 2.77. The molecule has 0 bridgehead atoms. The molecule has 0 fully saturated rings. The summed E-state index contributed by atoms with van der Waals surface area (Å²) in [5.74, 6) is 0. The van der Waals surface area contributed by atoms with Gasteiger partial charge in [-0.1, -0.05) is 28.3 Å². The van der Waals surface area contributed by atoms with Crippen molar-refractivity contribution in [1.82, 2.24) is 0 Å². The van der Waals surface area contributed by atoms with Crippen molar-refractivity contribution in [3.05, 3.63) is 28.2 Å². The van der Waals surface area contributed by atoms with Crippen LogP contribution in [0.25, 0.3) is 0 Å². The number of halogens is 2. The summed E-state index contributed by atoms with van der Waals surface area (Å²) in [5.41, 5.74) is 0.504. The molecular formula is C8H3Cl2N3OS. The van der Waals surface area contributed by atoms with Crippen LogP contribution in [0.2, 0.25) is 10.0 Å². The first-order valence-electron chi connectivity index (χ1n) is 3.84. The minimum absolute atomic E-state index is 0.0957. The first-order chi connectivity index (χ1) is 7.09. The van der Waals surface area contributed by atoms with E-state index in [0.717, 1.165) is 0 Å². The fourth-order valence-corrected chi connectivity index (χ4v) is 1.62. The van der Waals surface area contributed by atoms with E-state index in [1.54, 1.807) is 12.1 Å². The lowest BCUT2D eigenvalue weighted by Gasteiger charge is -2.12. The number of urea groups is 1. The van der Waals surface area contributed by atoms with Crippen LogP contribution in [-0.2, 0) is 0 Å². The molecule has 0 saturated carbocycles. The van der Waals surface area contributed by atoms with Crippen molar-refractivity contribution >= 4 is 52.3 Å². The van der Waals surface area contributed by atoms with E-state index < -0.39 is 6.03 Å². The van der Waals surface area contributed by atoms with E-state index in [2.05, 4.69) is 10.2 Å². The second-order valence-electron chi connectivity index (χ2n) is 2.70. The fourth-order valence-electron chi connectivity index (χ4n) is 1.10. The summed E-state index contributed by atoms with van der Waals surface area (Å²) in [6.07, 6.45) is 0. The van der Waals surface area contributed by atoms with Gasteiger partial charge in [-0.3, -0.25) is 0 Å². The average molecular weight is 260 g/mol. The molecule has 0 unspecified atom stereocenters. The Kier molecular flexibility index (Phi) is 2.68. The number of benzene rings is 1. The Balaban J connectivity index is 2.42. The molecule has 0 aliphatic carbocycles. The van der Waals surface area contributed by atoms with Gasteiger partial charge in [0.1, 0.15) is 0 Å². The van der Waals surface area contributed by atoms with Gasteiger partial charge in [0, 0.05) is 0 Å². The van der Waals surface area contributed by atoms with Crippen LogP contribution in [0.1, 0.15) is 0 Å². The molecule has 1 aromatic carbocycles. The Morgan fingerprint density at radius 2 is 1.93 bits per heavy atom. The molecule has 0 saturated heterocycles. The number of rotatable bonds is 1. The molecule has 0 atom stereocenters.